The molecule has 0 aromatic heterocycles. The van der Waals surface area contributed by atoms with E-state index in [0.29, 0.717) is 6.54 Å². The number of halogens is 2. The molecule has 0 atom stereocenters. The highest BCUT2D eigenvalue weighted by atomic mass is 35.5. The molecule has 10 heteroatoms. The number of nitrogens with zero attached hydrogens (tertiary/aromatic N) is 1. The maximum Gasteiger partial charge on any atom is 0.253 e. The minimum atomic E-state index is -3.86. The third-order valence-corrected chi connectivity index (χ3v) is 6.29. The molecule has 0 unspecified atom stereocenters. The lowest BCUT2D eigenvalue weighted by molar-refractivity contribution is -0.114. The van der Waals surface area contributed by atoms with Crippen molar-refractivity contribution in [2.45, 2.75) is 6.54 Å². The first-order valence-corrected chi connectivity index (χ1v) is 12.4. The van der Waals surface area contributed by atoms with Crippen LogP contribution in [0.1, 0.15) is 15.9 Å². The van der Waals surface area contributed by atoms with E-state index in [0.717, 1.165) is 16.1 Å². The van der Waals surface area contributed by atoms with Gasteiger partial charge < -0.3 is 10.6 Å². The molecule has 3 aromatic rings. The number of hydrogen-bond donors (Lipinski definition) is 2. The Kier molecular flexibility index (Phi) is 7.97. The van der Waals surface area contributed by atoms with E-state index in [9.17, 15) is 18.0 Å². The summed E-state index contributed by atoms with van der Waals surface area (Å²) in [6, 6.07) is 20.2. The monoisotopic (exact) mass is 505 g/mol. The summed E-state index contributed by atoms with van der Waals surface area (Å²) < 4.78 is 25.6. The summed E-state index contributed by atoms with van der Waals surface area (Å²) in [4.78, 5) is 25.5. The van der Waals surface area contributed by atoms with E-state index in [-0.39, 0.29) is 32.9 Å². The van der Waals surface area contributed by atoms with Crippen LogP contribution in [0.25, 0.3) is 0 Å². The second-order valence-electron chi connectivity index (χ2n) is 7.13. The molecule has 172 valence electrons. The molecule has 3 rings (SSSR count). The van der Waals surface area contributed by atoms with Crippen LogP contribution in [0.2, 0.25) is 10.0 Å². The highest BCUT2D eigenvalue weighted by molar-refractivity contribution is 7.92. The third kappa shape index (κ3) is 6.71. The van der Waals surface area contributed by atoms with Gasteiger partial charge in [-0.05, 0) is 35.9 Å². The summed E-state index contributed by atoms with van der Waals surface area (Å²) in [5.41, 5.74) is 1.50. The zero-order chi connectivity index (χ0) is 24.0. The molecule has 0 aliphatic heterocycles. The molecule has 0 saturated carbocycles. The minimum absolute atomic E-state index is 0.0794. The van der Waals surface area contributed by atoms with Gasteiger partial charge in [0.25, 0.3) is 5.91 Å². The van der Waals surface area contributed by atoms with Crippen molar-refractivity contribution in [3.05, 3.63) is 94.0 Å². The second-order valence-corrected chi connectivity index (χ2v) is 9.88. The molecule has 3 aromatic carbocycles. The maximum atomic E-state index is 12.8. The van der Waals surface area contributed by atoms with Crippen LogP contribution < -0.4 is 14.9 Å². The fraction of sp³-hybridized carbons (Fsp3) is 0.130. The SMILES string of the molecule is CS(=O)(=O)N(CC(=O)Nc1ccccc1C(=O)NCc1ccccc1)c1cc(Cl)ccc1Cl. The Balaban J connectivity index is 1.77. The summed E-state index contributed by atoms with van der Waals surface area (Å²) in [5, 5.41) is 5.81. The normalized spacial score (nSPS) is 11.0. The van der Waals surface area contributed by atoms with Crippen LogP contribution in [-0.2, 0) is 21.4 Å². The van der Waals surface area contributed by atoms with Gasteiger partial charge in [-0.15, -0.1) is 0 Å². The number of carbonyl (C=O) groups excluding carboxylic acids is 2. The van der Waals surface area contributed by atoms with Crippen LogP contribution in [-0.4, -0.2) is 33.0 Å². The van der Waals surface area contributed by atoms with Crippen molar-refractivity contribution in [2.75, 3.05) is 22.4 Å². The van der Waals surface area contributed by atoms with E-state index in [2.05, 4.69) is 10.6 Å². The van der Waals surface area contributed by atoms with Gasteiger partial charge in [-0.1, -0.05) is 65.7 Å². The predicted molar refractivity (Wildman–Crippen MR) is 131 cm³/mol. The third-order valence-electron chi connectivity index (χ3n) is 4.61. The van der Waals surface area contributed by atoms with Crippen molar-refractivity contribution in [3.8, 4) is 0 Å². The molecule has 0 fully saturated rings. The zero-order valence-electron chi connectivity index (χ0n) is 17.6. The fourth-order valence-electron chi connectivity index (χ4n) is 3.04. The van der Waals surface area contributed by atoms with E-state index in [1.165, 1.54) is 18.2 Å². The van der Waals surface area contributed by atoms with Crippen LogP contribution in [0.4, 0.5) is 11.4 Å². The first kappa shape index (κ1) is 24.6. The first-order chi connectivity index (χ1) is 15.6. The molecule has 2 amide bonds. The molecule has 0 aliphatic carbocycles. The summed E-state index contributed by atoms with van der Waals surface area (Å²) in [5.74, 6) is -1.03. The van der Waals surface area contributed by atoms with Gasteiger partial charge in [0.15, 0.2) is 0 Å². The van der Waals surface area contributed by atoms with E-state index in [1.54, 1.807) is 24.3 Å². The Morgan fingerprint density at radius 1 is 0.939 bits per heavy atom. The number of para-hydroxylation sites is 1. The Labute approximate surface area is 202 Å². The van der Waals surface area contributed by atoms with Crippen molar-refractivity contribution >= 4 is 56.4 Å². The van der Waals surface area contributed by atoms with E-state index in [4.69, 9.17) is 23.2 Å². The number of hydrogen-bond acceptors (Lipinski definition) is 4. The van der Waals surface area contributed by atoms with Gasteiger partial charge in [-0.2, -0.15) is 0 Å². The van der Waals surface area contributed by atoms with Gasteiger partial charge >= 0.3 is 0 Å². The number of amides is 2. The van der Waals surface area contributed by atoms with Gasteiger partial charge in [0.1, 0.15) is 6.54 Å². The van der Waals surface area contributed by atoms with Gasteiger partial charge in [0.05, 0.1) is 28.2 Å². The lowest BCUT2D eigenvalue weighted by Crippen LogP contribution is -2.38. The zero-order valence-corrected chi connectivity index (χ0v) is 19.9. The number of benzene rings is 3. The predicted octanol–water partition coefficient (Wildman–Crippen LogP) is 4.33. The molecule has 0 heterocycles. The van der Waals surface area contributed by atoms with Crippen molar-refractivity contribution in [3.63, 3.8) is 0 Å². The quantitative estimate of drug-likeness (QED) is 0.476. The van der Waals surface area contributed by atoms with Gasteiger partial charge in [0.2, 0.25) is 15.9 Å². The highest BCUT2D eigenvalue weighted by Gasteiger charge is 2.24. The number of anilines is 2. The molecule has 7 nitrogen and oxygen atoms in total. The van der Waals surface area contributed by atoms with Crippen LogP contribution in [0.5, 0.6) is 0 Å². The molecule has 0 radical (unpaired) electrons. The topological polar surface area (TPSA) is 95.6 Å². The molecule has 0 bridgehead atoms. The summed E-state index contributed by atoms with van der Waals surface area (Å²) in [6.45, 7) is -0.240. The first-order valence-electron chi connectivity index (χ1n) is 9.79. The summed E-state index contributed by atoms with van der Waals surface area (Å²) >= 11 is 12.1. The Bertz CT molecular complexity index is 1270. The molecular weight excluding hydrogens is 485 g/mol. The number of nitrogens with one attached hydrogen (secondary N) is 2. The van der Waals surface area contributed by atoms with Crippen LogP contribution in [0.15, 0.2) is 72.8 Å². The van der Waals surface area contributed by atoms with Crippen LogP contribution >= 0.6 is 23.2 Å². The standard InChI is InChI=1S/C23H21Cl2N3O4S/c1-33(31,32)28(21-13-17(24)11-12-19(21)25)15-22(29)27-20-10-6-5-9-18(20)23(30)26-14-16-7-3-2-4-8-16/h2-13H,14-15H2,1H3,(H,26,30)(H,27,29). The lowest BCUT2D eigenvalue weighted by atomic mass is 10.1. The van der Waals surface area contributed by atoms with Gasteiger partial charge in [0, 0.05) is 11.6 Å². The van der Waals surface area contributed by atoms with E-state index < -0.39 is 22.5 Å². The van der Waals surface area contributed by atoms with Gasteiger partial charge in [-0.3, -0.25) is 13.9 Å². The Hall–Kier alpha value is -3.07. The van der Waals surface area contributed by atoms with Crippen molar-refractivity contribution in [1.29, 1.82) is 0 Å². The molecule has 0 aliphatic rings. The Morgan fingerprint density at radius 2 is 1.61 bits per heavy atom. The maximum absolute atomic E-state index is 12.8. The molecule has 2 N–H and O–H groups in total. The molecule has 0 saturated heterocycles. The number of carbonyl (C=O) groups is 2. The van der Waals surface area contributed by atoms with Crippen LogP contribution in [0.3, 0.4) is 0 Å². The summed E-state index contributed by atoms with van der Waals surface area (Å²) in [6.07, 6.45) is 0.961. The summed E-state index contributed by atoms with van der Waals surface area (Å²) in [7, 11) is -3.86. The van der Waals surface area contributed by atoms with Crippen molar-refractivity contribution in [2.24, 2.45) is 0 Å². The Morgan fingerprint density at radius 3 is 2.30 bits per heavy atom. The van der Waals surface area contributed by atoms with Crippen LogP contribution in [0, 0.1) is 0 Å². The second kappa shape index (κ2) is 10.7. The van der Waals surface area contributed by atoms with Crippen molar-refractivity contribution < 1.29 is 18.0 Å². The van der Waals surface area contributed by atoms with E-state index >= 15 is 0 Å². The average Bonchev–Trinajstić information content (AvgIpc) is 2.78. The molecular formula is C23H21Cl2N3O4S. The van der Waals surface area contributed by atoms with Crippen molar-refractivity contribution in [1.82, 2.24) is 5.32 Å². The highest BCUT2D eigenvalue weighted by Crippen LogP contribution is 2.30. The number of sulfonamides is 1. The largest absolute Gasteiger partial charge is 0.348 e. The lowest BCUT2D eigenvalue weighted by Gasteiger charge is -2.23. The smallest absolute Gasteiger partial charge is 0.253 e. The molecule has 0 spiro atoms. The average molecular weight is 506 g/mol. The van der Waals surface area contributed by atoms with Gasteiger partial charge in [-0.25, -0.2) is 8.42 Å². The van der Waals surface area contributed by atoms with E-state index in [1.807, 2.05) is 30.3 Å². The number of rotatable bonds is 8. The molecule has 33 heavy (non-hydrogen) atoms. The fourth-order valence-corrected chi connectivity index (χ4v) is 4.34. The minimum Gasteiger partial charge on any atom is -0.348 e.